The van der Waals surface area contributed by atoms with E-state index in [9.17, 15) is 9.59 Å². The quantitative estimate of drug-likeness (QED) is 0.865. The number of amides is 1. The van der Waals surface area contributed by atoms with Crippen molar-refractivity contribution in [3.8, 4) is 0 Å². The second kappa shape index (κ2) is 7.51. The normalized spacial score (nSPS) is 10.9. The number of carbonyl (C=O) groups is 2. The first-order chi connectivity index (χ1) is 7.59. The Balaban J connectivity index is 0.00000256. The van der Waals surface area contributed by atoms with Crippen LogP contribution in [0.4, 0.5) is 4.79 Å². The number of halogens is 1. The van der Waals surface area contributed by atoms with Gasteiger partial charge in [0.05, 0.1) is 0 Å². The van der Waals surface area contributed by atoms with Crippen molar-refractivity contribution >= 4 is 24.5 Å². The molecule has 0 aliphatic heterocycles. The lowest BCUT2D eigenvalue weighted by molar-refractivity contribution is -0.138. The number of hydrogen-bond donors (Lipinski definition) is 2. The third-order valence-corrected chi connectivity index (χ3v) is 1.92. The topological polar surface area (TPSA) is 75.6 Å². The Morgan fingerprint density at radius 3 is 2.47 bits per heavy atom. The molecule has 1 rings (SSSR count). The second-order valence-corrected chi connectivity index (χ2v) is 3.27. The summed E-state index contributed by atoms with van der Waals surface area (Å²) < 4.78 is 4.84. The summed E-state index contributed by atoms with van der Waals surface area (Å²) in [5.74, 6) is -1.10. The van der Waals surface area contributed by atoms with Crippen molar-refractivity contribution in [2.24, 2.45) is 0 Å². The van der Waals surface area contributed by atoms with Crippen molar-refractivity contribution in [3.63, 3.8) is 0 Å². The molecule has 0 bridgehead atoms. The van der Waals surface area contributed by atoms with E-state index < -0.39 is 18.1 Å². The summed E-state index contributed by atoms with van der Waals surface area (Å²) in [6.45, 7) is 1.49. The van der Waals surface area contributed by atoms with Gasteiger partial charge in [-0.3, -0.25) is 4.79 Å². The minimum atomic E-state index is -1.10. The predicted octanol–water partition coefficient (Wildman–Crippen LogP) is 1.81. The molecule has 17 heavy (non-hydrogen) atoms. The summed E-state index contributed by atoms with van der Waals surface area (Å²) in [6, 6.07) is 8.19. The molecule has 94 valence electrons. The van der Waals surface area contributed by atoms with Crippen LogP contribution in [-0.4, -0.2) is 23.2 Å². The summed E-state index contributed by atoms with van der Waals surface area (Å²) in [7, 11) is 0. The Morgan fingerprint density at radius 2 is 1.94 bits per heavy atom. The highest BCUT2D eigenvalue weighted by atomic mass is 35.5. The van der Waals surface area contributed by atoms with Crippen LogP contribution in [0, 0.1) is 0 Å². The summed E-state index contributed by atoms with van der Waals surface area (Å²) in [4.78, 5) is 21.6. The van der Waals surface area contributed by atoms with E-state index in [-0.39, 0.29) is 19.0 Å². The van der Waals surface area contributed by atoms with Gasteiger partial charge in [-0.2, -0.15) is 0 Å². The lowest BCUT2D eigenvalue weighted by Crippen LogP contribution is -2.38. The minimum absolute atomic E-state index is 0. The molecule has 0 radical (unpaired) electrons. The molecule has 1 amide bonds. The number of nitrogens with one attached hydrogen (secondary N) is 1. The Bertz CT molecular complexity index is 369. The Morgan fingerprint density at radius 1 is 1.35 bits per heavy atom. The highest BCUT2D eigenvalue weighted by molar-refractivity contribution is 5.85. The molecule has 0 aliphatic carbocycles. The van der Waals surface area contributed by atoms with E-state index in [1.807, 2.05) is 30.3 Å². The van der Waals surface area contributed by atoms with E-state index in [2.05, 4.69) is 5.32 Å². The second-order valence-electron chi connectivity index (χ2n) is 3.27. The van der Waals surface area contributed by atoms with Gasteiger partial charge < -0.3 is 15.2 Å². The van der Waals surface area contributed by atoms with Crippen molar-refractivity contribution in [1.29, 1.82) is 0 Å². The van der Waals surface area contributed by atoms with Crippen LogP contribution in [0.25, 0.3) is 0 Å². The van der Waals surface area contributed by atoms with Crippen molar-refractivity contribution < 1.29 is 19.4 Å². The van der Waals surface area contributed by atoms with Crippen LogP contribution in [0.1, 0.15) is 12.5 Å². The van der Waals surface area contributed by atoms with Gasteiger partial charge >= 0.3 is 12.1 Å². The summed E-state index contributed by atoms with van der Waals surface area (Å²) in [5, 5.41) is 10.7. The van der Waals surface area contributed by atoms with E-state index in [1.165, 1.54) is 6.92 Å². The van der Waals surface area contributed by atoms with Gasteiger partial charge in [0.1, 0.15) is 12.6 Å². The molecular weight excluding hydrogens is 246 g/mol. The lowest BCUT2D eigenvalue weighted by Gasteiger charge is -2.09. The first-order valence-corrected chi connectivity index (χ1v) is 4.79. The van der Waals surface area contributed by atoms with E-state index in [4.69, 9.17) is 9.84 Å². The van der Waals surface area contributed by atoms with Crippen LogP contribution >= 0.6 is 12.4 Å². The SMILES string of the molecule is C[C@H](NC(=O)OCc1ccccc1)C(=O)O.Cl. The number of carboxylic acids is 1. The maximum atomic E-state index is 11.1. The van der Waals surface area contributed by atoms with Gasteiger partial charge in [0.25, 0.3) is 0 Å². The van der Waals surface area contributed by atoms with Crippen molar-refractivity contribution in [1.82, 2.24) is 5.32 Å². The van der Waals surface area contributed by atoms with E-state index in [1.54, 1.807) is 0 Å². The molecule has 0 aliphatic rings. The number of alkyl carbamates (subject to hydrolysis) is 1. The van der Waals surface area contributed by atoms with Gasteiger partial charge in [0, 0.05) is 0 Å². The van der Waals surface area contributed by atoms with E-state index in [0.29, 0.717) is 0 Å². The monoisotopic (exact) mass is 259 g/mol. The molecule has 0 saturated carbocycles. The van der Waals surface area contributed by atoms with Gasteiger partial charge in [0.15, 0.2) is 0 Å². The third kappa shape index (κ3) is 5.77. The predicted molar refractivity (Wildman–Crippen MR) is 64.1 cm³/mol. The van der Waals surface area contributed by atoms with Crippen LogP contribution in [0.3, 0.4) is 0 Å². The highest BCUT2D eigenvalue weighted by Crippen LogP contribution is 2.00. The fourth-order valence-electron chi connectivity index (χ4n) is 1.00. The van der Waals surface area contributed by atoms with Crippen LogP contribution < -0.4 is 5.32 Å². The molecule has 2 N–H and O–H groups in total. The Labute approximate surface area is 105 Å². The molecule has 1 atom stereocenters. The van der Waals surface area contributed by atoms with Gasteiger partial charge in [-0.15, -0.1) is 12.4 Å². The fourth-order valence-corrected chi connectivity index (χ4v) is 1.00. The number of carboxylic acid groups (broad SMARTS) is 1. The molecule has 5 nitrogen and oxygen atoms in total. The Kier molecular flexibility index (Phi) is 6.74. The largest absolute Gasteiger partial charge is 0.480 e. The van der Waals surface area contributed by atoms with Crippen LogP contribution in [0.15, 0.2) is 30.3 Å². The maximum absolute atomic E-state index is 11.1. The van der Waals surface area contributed by atoms with Gasteiger partial charge in [-0.05, 0) is 12.5 Å². The lowest BCUT2D eigenvalue weighted by atomic mass is 10.2. The molecule has 6 heteroatoms. The standard InChI is InChI=1S/C11H13NO4.ClH/c1-8(10(13)14)12-11(15)16-7-9-5-3-2-4-6-9;/h2-6,8H,7H2,1H3,(H,12,15)(H,13,14);1H/t8-;/m0./s1. The van der Waals surface area contributed by atoms with Crippen LogP contribution in [-0.2, 0) is 16.1 Å². The zero-order chi connectivity index (χ0) is 12.0. The molecule has 0 unspecified atom stereocenters. The van der Waals surface area contributed by atoms with E-state index >= 15 is 0 Å². The van der Waals surface area contributed by atoms with Crippen molar-refractivity contribution in [2.45, 2.75) is 19.6 Å². The van der Waals surface area contributed by atoms with Crippen LogP contribution in [0.5, 0.6) is 0 Å². The average Bonchev–Trinajstić information content (AvgIpc) is 2.27. The van der Waals surface area contributed by atoms with Gasteiger partial charge in [0.2, 0.25) is 0 Å². The first-order valence-electron chi connectivity index (χ1n) is 4.79. The van der Waals surface area contributed by atoms with Crippen molar-refractivity contribution in [3.05, 3.63) is 35.9 Å². The van der Waals surface area contributed by atoms with E-state index in [0.717, 1.165) is 5.56 Å². The zero-order valence-electron chi connectivity index (χ0n) is 9.25. The number of hydrogen-bond acceptors (Lipinski definition) is 3. The summed E-state index contributed by atoms with van der Waals surface area (Å²) >= 11 is 0. The number of carbonyl (C=O) groups excluding carboxylic acids is 1. The first kappa shape index (κ1) is 15.2. The number of benzene rings is 1. The number of aliphatic carboxylic acids is 1. The summed E-state index contributed by atoms with van der Waals surface area (Å²) in [5.41, 5.74) is 0.848. The molecular formula is C11H14ClNO4. The van der Waals surface area contributed by atoms with Gasteiger partial charge in [-0.1, -0.05) is 30.3 Å². The fraction of sp³-hybridized carbons (Fsp3) is 0.273. The number of ether oxygens (including phenoxy) is 1. The molecule has 0 spiro atoms. The van der Waals surface area contributed by atoms with Crippen LogP contribution in [0.2, 0.25) is 0 Å². The molecule has 0 saturated heterocycles. The van der Waals surface area contributed by atoms with Crippen molar-refractivity contribution in [2.75, 3.05) is 0 Å². The van der Waals surface area contributed by atoms with Gasteiger partial charge in [-0.25, -0.2) is 4.79 Å². The minimum Gasteiger partial charge on any atom is -0.480 e. The molecule has 0 aromatic heterocycles. The Hall–Kier alpha value is -1.75. The summed E-state index contributed by atoms with van der Waals surface area (Å²) in [6.07, 6.45) is -0.737. The zero-order valence-corrected chi connectivity index (χ0v) is 10.1. The average molecular weight is 260 g/mol. The highest BCUT2D eigenvalue weighted by Gasteiger charge is 2.14. The number of rotatable bonds is 4. The molecule has 0 heterocycles. The molecule has 0 fully saturated rings. The molecule has 1 aromatic rings. The smallest absolute Gasteiger partial charge is 0.408 e. The maximum Gasteiger partial charge on any atom is 0.408 e. The molecule has 1 aromatic carbocycles. The third-order valence-electron chi connectivity index (χ3n) is 1.92.